The zero-order valence-electron chi connectivity index (χ0n) is 12.3. The Balaban J connectivity index is 1.95. The molecule has 0 saturated heterocycles. The van der Waals surface area contributed by atoms with Gasteiger partial charge in [-0.1, -0.05) is 24.8 Å². The minimum absolute atomic E-state index is 0.343. The molecule has 0 spiro atoms. The molecule has 0 radical (unpaired) electrons. The van der Waals surface area contributed by atoms with E-state index in [4.69, 9.17) is 9.47 Å². The number of amides is 2. The molecule has 0 aliphatic heterocycles. The number of ether oxygens (including phenoxy) is 2. The summed E-state index contributed by atoms with van der Waals surface area (Å²) < 4.78 is 10.6. The maximum Gasteiger partial charge on any atom is 0.323 e. The van der Waals surface area contributed by atoms with E-state index in [0.29, 0.717) is 23.7 Å². The first kappa shape index (κ1) is 15.4. The van der Waals surface area contributed by atoms with Crippen molar-refractivity contribution in [1.29, 1.82) is 0 Å². The van der Waals surface area contributed by atoms with E-state index in [2.05, 4.69) is 17.2 Å². The summed E-state index contributed by atoms with van der Waals surface area (Å²) in [5, 5.41) is 5.48. The van der Waals surface area contributed by atoms with E-state index in [-0.39, 0.29) is 6.03 Å². The first-order valence-corrected chi connectivity index (χ1v) is 6.77. The number of hydrogen-bond acceptors (Lipinski definition) is 3. The van der Waals surface area contributed by atoms with Gasteiger partial charge in [0, 0.05) is 5.69 Å². The molecule has 5 heteroatoms. The maximum absolute atomic E-state index is 12.0. The molecule has 0 atom stereocenters. The molecule has 0 aliphatic carbocycles. The van der Waals surface area contributed by atoms with Crippen LogP contribution >= 0.6 is 0 Å². The number of hydrogen-bond donors (Lipinski definition) is 2. The normalized spacial score (nSPS) is 9.68. The zero-order valence-corrected chi connectivity index (χ0v) is 12.3. The number of nitrogens with one attached hydrogen (secondary N) is 2. The molecule has 5 nitrogen and oxygen atoms in total. The highest BCUT2D eigenvalue weighted by Crippen LogP contribution is 2.23. The predicted molar refractivity (Wildman–Crippen MR) is 87.8 cm³/mol. The Kier molecular flexibility index (Phi) is 5.43. The first-order valence-electron chi connectivity index (χ1n) is 6.77. The van der Waals surface area contributed by atoms with Gasteiger partial charge in [-0.2, -0.15) is 0 Å². The van der Waals surface area contributed by atoms with Crippen LogP contribution in [-0.2, 0) is 0 Å². The van der Waals surface area contributed by atoms with Gasteiger partial charge in [0.25, 0.3) is 0 Å². The third-order valence-electron chi connectivity index (χ3n) is 2.84. The van der Waals surface area contributed by atoms with E-state index in [1.165, 1.54) is 0 Å². The largest absolute Gasteiger partial charge is 0.495 e. The van der Waals surface area contributed by atoms with Crippen molar-refractivity contribution in [1.82, 2.24) is 0 Å². The molecule has 0 saturated carbocycles. The van der Waals surface area contributed by atoms with E-state index < -0.39 is 0 Å². The third kappa shape index (κ3) is 4.28. The fourth-order valence-electron chi connectivity index (χ4n) is 1.82. The molecule has 0 heterocycles. The van der Waals surface area contributed by atoms with E-state index in [0.717, 1.165) is 5.75 Å². The fraction of sp³-hybridized carbons (Fsp3) is 0.118. The lowest BCUT2D eigenvalue weighted by Crippen LogP contribution is -2.19. The Morgan fingerprint density at radius 2 is 1.86 bits per heavy atom. The van der Waals surface area contributed by atoms with Crippen molar-refractivity contribution < 1.29 is 14.3 Å². The molecule has 0 bridgehead atoms. The molecule has 2 rings (SSSR count). The van der Waals surface area contributed by atoms with Crippen molar-refractivity contribution in [3.05, 3.63) is 61.2 Å². The van der Waals surface area contributed by atoms with Crippen molar-refractivity contribution in [3.8, 4) is 11.5 Å². The summed E-state index contributed by atoms with van der Waals surface area (Å²) in [7, 11) is 1.56. The third-order valence-corrected chi connectivity index (χ3v) is 2.84. The van der Waals surface area contributed by atoms with Crippen molar-refractivity contribution in [2.75, 3.05) is 24.4 Å². The molecule has 2 aromatic rings. The number of benzene rings is 2. The number of para-hydroxylation sites is 2. The Morgan fingerprint density at radius 1 is 1.14 bits per heavy atom. The summed E-state index contributed by atoms with van der Waals surface area (Å²) in [6.45, 7) is 4.03. The second-order valence-corrected chi connectivity index (χ2v) is 4.40. The fourth-order valence-corrected chi connectivity index (χ4v) is 1.82. The van der Waals surface area contributed by atoms with Gasteiger partial charge in [-0.15, -0.1) is 0 Å². The minimum Gasteiger partial charge on any atom is -0.495 e. The van der Waals surface area contributed by atoms with Crippen LogP contribution in [0, 0.1) is 0 Å². The molecule has 0 fully saturated rings. The van der Waals surface area contributed by atoms with Gasteiger partial charge in [-0.3, -0.25) is 0 Å². The van der Waals surface area contributed by atoms with Crippen molar-refractivity contribution in [2.45, 2.75) is 0 Å². The molecule has 2 aromatic carbocycles. The first-order chi connectivity index (χ1) is 10.7. The number of urea groups is 1. The standard InChI is InChI=1S/C17H18N2O3/c1-3-12-22-14-10-8-13(9-11-14)18-17(20)19-15-6-4-5-7-16(15)21-2/h3-11H,1,12H2,2H3,(H2,18,19,20). The van der Waals surface area contributed by atoms with Crippen LogP contribution in [0.1, 0.15) is 0 Å². The van der Waals surface area contributed by atoms with E-state index >= 15 is 0 Å². The molecular formula is C17H18N2O3. The van der Waals surface area contributed by atoms with Crippen LogP contribution in [0.2, 0.25) is 0 Å². The number of rotatable bonds is 6. The van der Waals surface area contributed by atoms with Crippen LogP contribution in [0.4, 0.5) is 16.2 Å². The summed E-state index contributed by atoms with van der Waals surface area (Å²) in [6.07, 6.45) is 1.67. The van der Waals surface area contributed by atoms with Gasteiger partial charge in [0.05, 0.1) is 12.8 Å². The Labute approximate surface area is 129 Å². The summed E-state index contributed by atoms with van der Waals surface area (Å²) in [6, 6.07) is 14.0. The summed E-state index contributed by atoms with van der Waals surface area (Å²) in [5.41, 5.74) is 1.27. The van der Waals surface area contributed by atoms with Gasteiger partial charge in [0.2, 0.25) is 0 Å². The highest BCUT2D eigenvalue weighted by Gasteiger charge is 2.06. The lowest BCUT2D eigenvalue weighted by Gasteiger charge is -2.11. The molecule has 2 N–H and O–H groups in total. The van der Waals surface area contributed by atoms with Gasteiger partial charge < -0.3 is 20.1 Å². The molecule has 114 valence electrons. The average Bonchev–Trinajstić information content (AvgIpc) is 2.54. The van der Waals surface area contributed by atoms with Crippen LogP contribution in [0.15, 0.2) is 61.2 Å². The second-order valence-electron chi connectivity index (χ2n) is 4.40. The highest BCUT2D eigenvalue weighted by atomic mass is 16.5. The minimum atomic E-state index is -0.343. The molecule has 0 aliphatic rings. The zero-order chi connectivity index (χ0) is 15.8. The van der Waals surface area contributed by atoms with E-state index in [9.17, 15) is 4.79 Å². The Hall–Kier alpha value is -2.95. The number of methoxy groups -OCH3 is 1. The van der Waals surface area contributed by atoms with Crippen LogP contribution in [0.5, 0.6) is 11.5 Å². The SMILES string of the molecule is C=CCOc1ccc(NC(=O)Nc2ccccc2OC)cc1. The average molecular weight is 298 g/mol. The van der Waals surface area contributed by atoms with Gasteiger partial charge >= 0.3 is 6.03 Å². The summed E-state index contributed by atoms with van der Waals surface area (Å²) >= 11 is 0. The number of anilines is 2. The van der Waals surface area contributed by atoms with Crippen LogP contribution in [0.25, 0.3) is 0 Å². The molecule has 22 heavy (non-hydrogen) atoms. The maximum atomic E-state index is 12.0. The van der Waals surface area contributed by atoms with Gasteiger partial charge in [-0.05, 0) is 36.4 Å². The number of carbonyl (C=O) groups is 1. The van der Waals surface area contributed by atoms with Crippen molar-refractivity contribution >= 4 is 17.4 Å². The van der Waals surface area contributed by atoms with Crippen LogP contribution < -0.4 is 20.1 Å². The topological polar surface area (TPSA) is 59.6 Å². The lowest BCUT2D eigenvalue weighted by molar-refractivity contribution is 0.262. The Bertz CT molecular complexity index is 639. The van der Waals surface area contributed by atoms with Crippen molar-refractivity contribution in [3.63, 3.8) is 0 Å². The quantitative estimate of drug-likeness (QED) is 0.795. The van der Waals surface area contributed by atoms with Gasteiger partial charge in [-0.25, -0.2) is 4.79 Å². The predicted octanol–water partition coefficient (Wildman–Crippen LogP) is 3.90. The summed E-state index contributed by atoms with van der Waals surface area (Å²) in [5.74, 6) is 1.32. The van der Waals surface area contributed by atoms with Crippen LogP contribution in [0.3, 0.4) is 0 Å². The van der Waals surface area contributed by atoms with Gasteiger partial charge in [0.15, 0.2) is 0 Å². The molecule has 0 unspecified atom stereocenters. The van der Waals surface area contributed by atoms with E-state index in [1.54, 1.807) is 49.6 Å². The van der Waals surface area contributed by atoms with Gasteiger partial charge in [0.1, 0.15) is 18.1 Å². The lowest BCUT2D eigenvalue weighted by atomic mass is 10.3. The molecule has 0 aromatic heterocycles. The monoisotopic (exact) mass is 298 g/mol. The second kappa shape index (κ2) is 7.73. The molecular weight excluding hydrogens is 280 g/mol. The Morgan fingerprint density at radius 3 is 2.55 bits per heavy atom. The highest BCUT2D eigenvalue weighted by molar-refractivity contribution is 6.00. The summed E-state index contributed by atoms with van der Waals surface area (Å²) in [4.78, 5) is 12.0. The van der Waals surface area contributed by atoms with Crippen LogP contribution in [-0.4, -0.2) is 19.7 Å². The number of carbonyl (C=O) groups excluding carboxylic acids is 1. The van der Waals surface area contributed by atoms with E-state index in [1.807, 2.05) is 12.1 Å². The molecule has 2 amide bonds. The van der Waals surface area contributed by atoms with Crippen molar-refractivity contribution in [2.24, 2.45) is 0 Å². The smallest absolute Gasteiger partial charge is 0.323 e.